The summed E-state index contributed by atoms with van der Waals surface area (Å²) in [7, 11) is 1.63. The van der Waals surface area contributed by atoms with Crippen LogP contribution in [-0.2, 0) is 5.54 Å². The van der Waals surface area contributed by atoms with Gasteiger partial charge in [-0.2, -0.15) is 0 Å². The molecule has 1 aromatic rings. The molecule has 15 heavy (non-hydrogen) atoms. The van der Waals surface area contributed by atoms with Crippen LogP contribution in [0.15, 0.2) is 24.3 Å². The molecule has 4 heteroatoms. The molecule has 0 fully saturated rings. The molecule has 2 amide bonds. The first-order valence-electron chi connectivity index (χ1n) is 4.75. The van der Waals surface area contributed by atoms with E-state index in [0.29, 0.717) is 0 Å². The van der Waals surface area contributed by atoms with E-state index < -0.39 is 11.6 Å². The Morgan fingerprint density at radius 1 is 1.40 bits per heavy atom. The quantitative estimate of drug-likeness (QED) is 0.769. The summed E-state index contributed by atoms with van der Waals surface area (Å²) in [6.45, 7) is 3.83. The Bertz CT molecular complexity index is 368. The predicted molar refractivity (Wildman–Crippen MR) is 61.6 cm³/mol. The Morgan fingerprint density at radius 2 is 2.00 bits per heavy atom. The van der Waals surface area contributed by atoms with Crippen LogP contribution in [0.1, 0.15) is 19.4 Å². The number of primary amides is 1. The first-order chi connectivity index (χ1) is 6.82. The second-order valence-corrected chi connectivity index (χ2v) is 4.17. The van der Waals surface area contributed by atoms with E-state index in [2.05, 4.69) is 0 Å². The first-order valence-corrected chi connectivity index (χ1v) is 4.75. The summed E-state index contributed by atoms with van der Waals surface area (Å²) in [6, 6.07) is 6.99. The molecule has 82 valence electrons. The molecule has 0 saturated carbocycles. The largest absolute Gasteiger partial charge is 0.351 e. The minimum atomic E-state index is -0.484. The van der Waals surface area contributed by atoms with E-state index >= 15 is 0 Å². The molecule has 0 bridgehead atoms. The number of hydrogen-bond donors (Lipinski definition) is 2. The van der Waals surface area contributed by atoms with Gasteiger partial charge in [-0.15, -0.1) is 0 Å². The van der Waals surface area contributed by atoms with Crippen molar-refractivity contribution >= 4 is 11.7 Å². The number of nitrogens with two attached hydrogens (primary N) is 2. The summed E-state index contributed by atoms with van der Waals surface area (Å²) in [5, 5.41) is 0. The van der Waals surface area contributed by atoms with Gasteiger partial charge in [0.25, 0.3) is 0 Å². The minimum Gasteiger partial charge on any atom is -0.351 e. The highest BCUT2D eigenvalue weighted by molar-refractivity contribution is 5.90. The zero-order valence-corrected chi connectivity index (χ0v) is 9.32. The van der Waals surface area contributed by atoms with Gasteiger partial charge in [0.15, 0.2) is 0 Å². The number of rotatable bonds is 2. The molecule has 4 N–H and O–H groups in total. The SMILES string of the molecule is CN(C(N)=O)c1cccc(C(C)(C)N)c1. The molecular formula is C11H17N3O. The van der Waals surface area contributed by atoms with Crippen LogP contribution in [0.3, 0.4) is 0 Å². The number of carbonyl (C=O) groups excluding carboxylic acids is 1. The van der Waals surface area contributed by atoms with Crippen LogP contribution in [0.4, 0.5) is 10.5 Å². The maximum absolute atomic E-state index is 11.0. The molecule has 4 nitrogen and oxygen atoms in total. The zero-order chi connectivity index (χ0) is 11.6. The van der Waals surface area contributed by atoms with Crippen LogP contribution in [0.5, 0.6) is 0 Å². The van der Waals surface area contributed by atoms with Crippen molar-refractivity contribution in [2.24, 2.45) is 11.5 Å². The van der Waals surface area contributed by atoms with Crippen molar-refractivity contribution in [1.29, 1.82) is 0 Å². The lowest BCUT2D eigenvalue weighted by molar-refractivity contribution is 0.255. The summed E-state index contributed by atoms with van der Waals surface area (Å²) in [5.74, 6) is 0. The van der Waals surface area contributed by atoms with Gasteiger partial charge in [0.05, 0.1) is 0 Å². The smallest absolute Gasteiger partial charge is 0.318 e. The van der Waals surface area contributed by atoms with Crippen LogP contribution >= 0.6 is 0 Å². The number of benzene rings is 1. The average molecular weight is 207 g/mol. The highest BCUT2D eigenvalue weighted by Crippen LogP contribution is 2.22. The van der Waals surface area contributed by atoms with Crippen molar-refractivity contribution in [3.05, 3.63) is 29.8 Å². The van der Waals surface area contributed by atoms with Crippen molar-refractivity contribution in [2.75, 3.05) is 11.9 Å². The van der Waals surface area contributed by atoms with Gasteiger partial charge in [-0.25, -0.2) is 4.79 Å². The highest BCUT2D eigenvalue weighted by Gasteiger charge is 2.15. The van der Waals surface area contributed by atoms with E-state index in [1.54, 1.807) is 7.05 Å². The number of hydrogen-bond acceptors (Lipinski definition) is 2. The van der Waals surface area contributed by atoms with Crippen molar-refractivity contribution in [3.63, 3.8) is 0 Å². The van der Waals surface area contributed by atoms with Crippen molar-refractivity contribution < 1.29 is 4.79 Å². The van der Waals surface area contributed by atoms with Crippen molar-refractivity contribution in [1.82, 2.24) is 0 Å². The summed E-state index contributed by atoms with van der Waals surface area (Å²) in [5.41, 5.74) is 12.4. The summed E-state index contributed by atoms with van der Waals surface area (Å²) < 4.78 is 0. The average Bonchev–Trinajstić information content (AvgIpc) is 2.15. The highest BCUT2D eigenvalue weighted by atomic mass is 16.2. The molecule has 0 aromatic heterocycles. The fraction of sp³-hybridized carbons (Fsp3) is 0.364. The van der Waals surface area contributed by atoms with Crippen molar-refractivity contribution in [2.45, 2.75) is 19.4 Å². The van der Waals surface area contributed by atoms with Crippen LogP contribution < -0.4 is 16.4 Å². The van der Waals surface area contributed by atoms with Crippen molar-refractivity contribution in [3.8, 4) is 0 Å². The van der Waals surface area contributed by atoms with E-state index in [1.807, 2.05) is 38.1 Å². The lowest BCUT2D eigenvalue weighted by Crippen LogP contribution is -2.33. The Balaban J connectivity index is 3.08. The Hall–Kier alpha value is -1.55. The molecule has 0 unspecified atom stereocenters. The number of urea groups is 1. The van der Waals surface area contributed by atoms with Gasteiger partial charge in [0.1, 0.15) is 0 Å². The van der Waals surface area contributed by atoms with E-state index in [1.165, 1.54) is 4.90 Å². The van der Waals surface area contributed by atoms with Crippen LogP contribution in [0.25, 0.3) is 0 Å². The first kappa shape index (κ1) is 11.5. The lowest BCUT2D eigenvalue weighted by atomic mass is 9.95. The van der Waals surface area contributed by atoms with Crippen LogP contribution in [-0.4, -0.2) is 13.1 Å². The number of anilines is 1. The minimum absolute atomic E-state index is 0.422. The molecule has 0 aliphatic heterocycles. The van der Waals surface area contributed by atoms with Gasteiger partial charge in [-0.3, -0.25) is 4.90 Å². The van der Waals surface area contributed by atoms with Gasteiger partial charge in [0, 0.05) is 18.3 Å². The summed E-state index contributed by atoms with van der Waals surface area (Å²) in [6.07, 6.45) is 0. The standard InChI is InChI=1S/C11H17N3O/c1-11(2,13)8-5-4-6-9(7-8)14(3)10(12)15/h4-7H,13H2,1-3H3,(H2,12,15). The molecule has 0 saturated heterocycles. The fourth-order valence-electron chi connectivity index (χ4n) is 1.24. The third-order valence-corrected chi connectivity index (χ3v) is 2.31. The Morgan fingerprint density at radius 3 is 2.47 bits per heavy atom. The monoisotopic (exact) mass is 207 g/mol. The topological polar surface area (TPSA) is 72.3 Å². The molecule has 0 atom stereocenters. The summed E-state index contributed by atoms with van der Waals surface area (Å²) in [4.78, 5) is 12.4. The molecular weight excluding hydrogens is 190 g/mol. The number of nitrogens with zero attached hydrogens (tertiary/aromatic N) is 1. The van der Waals surface area contributed by atoms with E-state index in [9.17, 15) is 4.79 Å². The number of carbonyl (C=O) groups is 1. The van der Waals surface area contributed by atoms with E-state index in [0.717, 1.165) is 11.3 Å². The van der Waals surface area contributed by atoms with Gasteiger partial charge < -0.3 is 11.5 Å². The third kappa shape index (κ3) is 2.70. The van der Waals surface area contributed by atoms with Gasteiger partial charge in [-0.1, -0.05) is 12.1 Å². The molecule has 0 aliphatic rings. The third-order valence-electron chi connectivity index (χ3n) is 2.31. The van der Waals surface area contributed by atoms with Crippen LogP contribution in [0, 0.1) is 0 Å². The molecule has 0 spiro atoms. The molecule has 0 radical (unpaired) electrons. The molecule has 0 aliphatic carbocycles. The Kier molecular flexibility index (Phi) is 3.00. The number of amides is 2. The molecule has 1 rings (SSSR count). The fourth-order valence-corrected chi connectivity index (χ4v) is 1.24. The normalized spacial score (nSPS) is 11.2. The van der Waals surface area contributed by atoms with Gasteiger partial charge in [-0.05, 0) is 31.5 Å². The predicted octanol–water partition coefficient (Wildman–Crippen LogP) is 1.40. The molecule has 1 aromatic carbocycles. The van der Waals surface area contributed by atoms with E-state index in [-0.39, 0.29) is 0 Å². The van der Waals surface area contributed by atoms with Gasteiger partial charge in [0.2, 0.25) is 0 Å². The van der Waals surface area contributed by atoms with Gasteiger partial charge >= 0.3 is 6.03 Å². The van der Waals surface area contributed by atoms with E-state index in [4.69, 9.17) is 11.5 Å². The lowest BCUT2D eigenvalue weighted by Gasteiger charge is -2.22. The molecule has 0 heterocycles. The van der Waals surface area contributed by atoms with Crippen LogP contribution in [0.2, 0.25) is 0 Å². The zero-order valence-electron chi connectivity index (χ0n) is 9.32. The second kappa shape index (κ2) is 3.90. The summed E-state index contributed by atoms with van der Waals surface area (Å²) >= 11 is 0. The Labute approximate surface area is 89.9 Å². The second-order valence-electron chi connectivity index (χ2n) is 4.17. The maximum Gasteiger partial charge on any atom is 0.318 e. The maximum atomic E-state index is 11.0.